The Morgan fingerprint density at radius 1 is 1.43 bits per heavy atom. The predicted octanol–water partition coefficient (Wildman–Crippen LogP) is 2.50. The van der Waals surface area contributed by atoms with Crippen molar-refractivity contribution < 1.29 is 8.42 Å². The van der Waals surface area contributed by atoms with E-state index in [0.29, 0.717) is 4.34 Å². The summed E-state index contributed by atoms with van der Waals surface area (Å²) < 4.78 is 26.5. The van der Waals surface area contributed by atoms with E-state index < -0.39 is 10.0 Å². The van der Waals surface area contributed by atoms with E-state index in [4.69, 9.17) is 23.2 Å². The number of thiophene rings is 1. The molecule has 14 heavy (non-hydrogen) atoms. The van der Waals surface area contributed by atoms with Gasteiger partial charge in [0.25, 0.3) is 0 Å². The van der Waals surface area contributed by atoms with Gasteiger partial charge < -0.3 is 0 Å². The number of sulfonamides is 1. The van der Waals surface area contributed by atoms with E-state index >= 15 is 0 Å². The Labute approximate surface area is 96.1 Å². The molecule has 1 saturated carbocycles. The maximum atomic E-state index is 11.7. The number of rotatable bonds is 3. The van der Waals surface area contributed by atoms with Crippen LogP contribution < -0.4 is 4.72 Å². The van der Waals surface area contributed by atoms with Gasteiger partial charge >= 0.3 is 0 Å². The average molecular weight is 272 g/mol. The van der Waals surface area contributed by atoms with Crippen molar-refractivity contribution in [3.8, 4) is 0 Å². The summed E-state index contributed by atoms with van der Waals surface area (Å²) >= 11 is 12.5. The van der Waals surface area contributed by atoms with E-state index in [0.717, 1.165) is 24.2 Å². The van der Waals surface area contributed by atoms with E-state index in [1.54, 1.807) is 0 Å². The zero-order valence-electron chi connectivity index (χ0n) is 6.96. The van der Waals surface area contributed by atoms with Crippen LogP contribution in [0, 0.1) is 0 Å². The third kappa shape index (κ3) is 2.23. The Kier molecular flexibility index (Phi) is 2.79. The van der Waals surface area contributed by atoms with Gasteiger partial charge in [-0.25, -0.2) is 13.1 Å². The molecule has 0 unspecified atom stereocenters. The topological polar surface area (TPSA) is 46.2 Å². The first-order chi connectivity index (χ1) is 6.49. The quantitative estimate of drug-likeness (QED) is 0.918. The van der Waals surface area contributed by atoms with Crippen molar-refractivity contribution in [1.82, 2.24) is 4.72 Å². The molecule has 2 rings (SSSR count). The molecule has 1 aliphatic rings. The molecule has 1 heterocycles. The van der Waals surface area contributed by atoms with Gasteiger partial charge in [-0.15, -0.1) is 11.3 Å². The molecule has 1 aromatic heterocycles. The molecule has 7 heteroatoms. The first-order valence-electron chi connectivity index (χ1n) is 3.96. The van der Waals surface area contributed by atoms with Crippen LogP contribution in [0.1, 0.15) is 12.8 Å². The van der Waals surface area contributed by atoms with E-state index in [9.17, 15) is 8.42 Å². The third-order valence-electron chi connectivity index (χ3n) is 1.81. The lowest BCUT2D eigenvalue weighted by atomic mass is 10.7. The molecule has 0 aromatic carbocycles. The van der Waals surface area contributed by atoms with Crippen molar-refractivity contribution in [3.63, 3.8) is 0 Å². The molecule has 1 fully saturated rings. The molecule has 78 valence electrons. The second-order valence-corrected chi connectivity index (χ2v) is 7.05. The second-order valence-electron chi connectivity index (χ2n) is 3.08. The molecule has 0 atom stereocenters. The fourth-order valence-corrected chi connectivity index (χ4v) is 4.45. The largest absolute Gasteiger partial charge is 0.243 e. The summed E-state index contributed by atoms with van der Waals surface area (Å²) in [6, 6.07) is 1.45. The van der Waals surface area contributed by atoms with Gasteiger partial charge in [0.2, 0.25) is 10.0 Å². The highest BCUT2D eigenvalue weighted by molar-refractivity contribution is 7.89. The minimum Gasteiger partial charge on any atom is -0.208 e. The van der Waals surface area contributed by atoms with Gasteiger partial charge in [-0.1, -0.05) is 23.2 Å². The first-order valence-corrected chi connectivity index (χ1v) is 7.02. The van der Waals surface area contributed by atoms with E-state index in [1.807, 2.05) is 0 Å². The van der Waals surface area contributed by atoms with Crippen LogP contribution >= 0.6 is 34.5 Å². The Morgan fingerprint density at radius 3 is 2.50 bits per heavy atom. The lowest BCUT2D eigenvalue weighted by Crippen LogP contribution is -2.25. The molecule has 0 saturated heterocycles. The van der Waals surface area contributed by atoms with Gasteiger partial charge in [-0.05, 0) is 18.9 Å². The molecule has 0 radical (unpaired) electrons. The summed E-state index contributed by atoms with van der Waals surface area (Å²) in [6.07, 6.45) is 1.80. The van der Waals surface area contributed by atoms with Gasteiger partial charge in [0.15, 0.2) is 0 Å². The Morgan fingerprint density at radius 2 is 2.07 bits per heavy atom. The summed E-state index contributed by atoms with van der Waals surface area (Å²) in [5, 5.41) is 0. The zero-order valence-corrected chi connectivity index (χ0v) is 10.1. The Balaban J connectivity index is 2.32. The average Bonchev–Trinajstić information content (AvgIpc) is 2.76. The summed E-state index contributed by atoms with van der Waals surface area (Å²) in [6.45, 7) is 0. The molecule has 0 spiro atoms. The van der Waals surface area contributed by atoms with E-state index in [-0.39, 0.29) is 15.3 Å². The summed E-state index contributed by atoms with van der Waals surface area (Å²) in [5.74, 6) is 0. The van der Waals surface area contributed by atoms with Crippen LogP contribution in [0.25, 0.3) is 0 Å². The second kappa shape index (κ2) is 3.64. The predicted molar refractivity (Wildman–Crippen MR) is 57.7 cm³/mol. The van der Waals surface area contributed by atoms with Crippen molar-refractivity contribution in [2.24, 2.45) is 0 Å². The van der Waals surface area contributed by atoms with Gasteiger partial charge in [0, 0.05) is 6.04 Å². The van der Waals surface area contributed by atoms with Gasteiger partial charge in [0.05, 0.1) is 4.34 Å². The van der Waals surface area contributed by atoms with Crippen LogP contribution in [0.2, 0.25) is 8.67 Å². The van der Waals surface area contributed by atoms with E-state index in [1.165, 1.54) is 6.07 Å². The monoisotopic (exact) mass is 271 g/mol. The number of halogens is 2. The van der Waals surface area contributed by atoms with Crippen LogP contribution in [-0.4, -0.2) is 14.5 Å². The molecule has 1 N–H and O–H groups in total. The lowest BCUT2D eigenvalue weighted by molar-refractivity contribution is 0.581. The van der Waals surface area contributed by atoms with Gasteiger partial charge in [-0.3, -0.25) is 0 Å². The fraction of sp³-hybridized carbons (Fsp3) is 0.429. The summed E-state index contributed by atoms with van der Waals surface area (Å²) in [5.41, 5.74) is 0. The SMILES string of the molecule is O=S(=O)(NC1CC1)c1cc(Cl)sc1Cl. The van der Waals surface area contributed by atoms with Crippen LogP contribution in [0.5, 0.6) is 0 Å². The number of nitrogens with one attached hydrogen (secondary N) is 1. The molecule has 3 nitrogen and oxygen atoms in total. The number of hydrogen-bond acceptors (Lipinski definition) is 3. The van der Waals surface area contributed by atoms with Crippen molar-refractivity contribution in [3.05, 3.63) is 14.7 Å². The van der Waals surface area contributed by atoms with Crippen LogP contribution in [0.15, 0.2) is 11.0 Å². The Hall–Kier alpha value is 0.190. The third-order valence-corrected chi connectivity index (χ3v) is 5.09. The van der Waals surface area contributed by atoms with Crippen molar-refractivity contribution in [2.45, 2.75) is 23.8 Å². The highest BCUT2D eigenvalue weighted by atomic mass is 35.5. The van der Waals surface area contributed by atoms with Gasteiger partial charge in [-0.2, -0.15) is 0 Å². The summed E-state index contributed by atoms with van der Waals surface area (Å²) in [7, 11) is -3.46. The summed E-state index contributed by atoms with van der Waals surface area (Å²) in [4.78, 5) is 0.0843. The van der Waals surface area contributed by atoms with Crippen LogP contribution in [0.4, 0.5) is 0 Å². The maximum Gasteiger partial charge on any atom is 0.243 e. The van der Waals surface area contributed by atoms with Crippen molar-refractivity contribution in [1.29, 1.82) is 0 Å². The maximum absolute atomic E-state index is 11.7. The first kappa shape index (κ1) is 10.7. The molecule has 0 amide bonds. The molecule has 0 bridgehead atoms. The van der Waals surface area contributed by atoms with Crippen LogP contribution in [-0.2, 0) is 10.0 Å². The minimum atomic E-state index is -3.46. The fourth-order valence-electron chi connectivity index (χ4n) is 0.992. The highest BCUT2D eigenvalue weighted by Crippen LogP contribution is 2.35. The standard InChI is InChI=1S/C7H7Cl2NO2S2/c8-6-3-5(7(9)13-6)14(11,12)10-4-1-2-4/h3-4,10H,1-2H2. The molecule has 0 aliphatic heterocycles. The smallest absolute Gasteiger partial charge is 0.208 e. The minimum absolute atomic E-state index is 0.0785. The van der Waals surface area contributed by atoms with Gasteiger partial charge in [0.1, 0.15) is 9.23 Å². The molecular formula is C7H7Cl2NO2S2. The lowest BCUT2D eigenvalue weighted by Gasteiger charge is -2.02. The number of hydrogen-bond donors (Lipinski definition) is 1. The Bertz CT molecular complexity index is 450. The highest BCUT2D eigenvalue weighted by Gasteiger charge is 2.30. The van der Waals surface area contributed by atoms with Crippen LogP contribution in [0.3, 0.4) is 0 Å². The normalized spacial score (nSPS) is 17.3. The van der Waals surface area contributed by atoms with E-state index in [2.05, 4.69) is 4.72 Å². The zero-order chi connectivity index (χ0) is 10.3. The molecular weight excluding hydrogens is 265 g/mol. The van der Waals surface area contributed by atoms with Crippen molar-refractivity contribution in [2.75, 3.05) is 0 Å². The molecule has 1 aromatic rings. The van der Waals surface area contributed by atoms with Crippen molar-refractivity contribution >= 4 is 44.6 Å². The molecule has 1 aliphatic carbocycles.